The third kappa shape index (κ3) is 9.43. The number of aliphatic hydroxyl groups excluding tert-OH is 1. The molecule has 0 aromatic rings. The first kappa shape index (κ1) is 13.3. The molecule has 0 radical (unpaired) electrons. The summed E-state index contributed by atoms with van der Waals surface area (Å²) >= 11 is 0. The molecule has 0 saturated heterocycles. The van der Waals surface area contributed by atoms with Crippen LogP contribution in [0.25, 0.3) is 0 Å². The van der Waals surface area contributed by atoms with E-state index in [0.717, 1.165) is 12.3 Å². The Kier molecular flexibility index (Phi) is 7.35. The highest BCUT2D eigenvalue weighted by Crippen LogP contribution is 2.15. The van der Waals surface area contributed by atoms with Crippen molar-refractivity contribution in [1.29, 1.82) is 0 Å². The van der Waals surface area contributed by atoms with Crippen LogP contribution in [0, 0.1) is 11.8 Å². The normalized spacial score (nSPS) is 12.9. The van der Waals surface area contributed by atoms with Crippen LogP contribution in [0.4, 0.5) is 0 Å². The number of hydrogen-bond acceptors (Lipinski definition) is 2. The zero-order chi connectivity index (χ0) is 11.0. The Balaban J connectivity index is 3.27. The molecule has 1 N–H and O–H groups in total. The molecule has 1 unspecified atom stereocenters. The Morgan fingerprint density at radius 1 is 1.21 bits per heavy atom. The number of rotatable bonds is 8. The maximum absolute atomic E-state index is 8.70. The highest BCUT2D eigenvalue weighted by Gasteiger charge is 2.03. The minimum atomic E-state index is -0.167. The van der Waals surface area contributed by atoms with Crippen molar-refractivity contribution < 1.29 is 9.84 Å². The fourth-order valence-electron chi connectivity index (χ4n) is 1.40. The summed E-state index contributed by atoms with van der Waals surface area (Å²) in [5, 5.41) is 8.70. The predicted molar refractivity (Wildman–Crippen MR) is 60.2 cm³/mol. The van der Waals surface area contributed by atoms with Gasteiger partial charge in [0.15, 0.2) is 0 Å². The van der Waals surface area contributed by atoms with Gasteiger partial charge in [0.25, 0.3) is 5.95 Å². The molecule has 14 heavy (non-hydrogen) atoms. The molecule has 0 saturated carbocycles. The van der Waals surface area contributed by atoms with Crippen molar-refractivity contribution in [1.82, 2.24) is 0 Å². The Hall–Kier alpha value is -0.660. The molecule has 2 nitrogen and oxygen atoms in total. The summed E-state index contributed by atoms with van der Waals surface area (Å²) in [7, 11) is 0. The summed E-state index contributed by atoms with van der Waals surface area (Å²) in [5.74, 6) is 1.31. The lowest BCUT2D eigenvalue weighted by Crippen LogP contribution is -2.02. The molecule has 0 fully saturated rings. The van der Waals surface area contributed by atoms with Gasteiger partial charge in [0.2, 0.25) is 0 Å². The van der Waals surface area contributed by atoms with Crippen molar-refractivity contribution >= 4 is 0 Å². The first-order valence-electron chi connectivity index (χ1n) is 5.53. The van der Waals surface area contributed by atoms with Crippen molar-refractivity contribution in [2.45, 2.75) is 46.5 Å². The van der Waals surface area contributed by atoms with Gasteiger partial charge in [-0.25, -0.2) is 0 Å². The topological polar surface area (TPSA) is 29.5 Å². The van der Waals surface area contributed by atoms with E-state index in [1.807, 2.05) is 0 Å². The molecule has 0 aromatic heterocycles. The zero-order valence-electron chi connectivity index (χ0n) is 9.75. The van der Waals surface area contributed by atoms with Crippen LogP contribution < -0.4 is 0 Å². The van der Waals surface area contributed by atoms with Crippen LogP contribution in [-0.4, -0.2) is 11.7 Å². The third-order valence-electron chi connectivity index (χ3n) is 2.36. The largest absolute Gasteiger partial charge is 0.481 e. The summed E-state index contributed by atoms with van der Waals surface area (Å²) in [6, 6.07) is 0. The summed E-state index contributed by atoms with van der Waals surface area (Å²) < 4.78 is 4.90. The van der Waals surface area contributed by atoms with Gasteiger partial charge in [-0.2, -0.15) is 0 Å². The highest BCUT2D eigenvalue weighted by atomic mass is 16.6. The van der Waals surface area contributed by atoms with Crippen molar-refractivity contribution in [3.63, 3.8) is 0 Å². The van der Waals surface area contributed by atoms with Gasteiger partial charge in [-0.3, -0.25) is 0 Å². The molecule has 0 amide bonds. The van der Waals surface area contributed by atoms with Crippen LogP contribution in [-0.2, 0) is 4.74 Å². The zero-order valence-corrected chi connectivity index (χ0v) is 9.75. The van der Waals surface area contributed by atoms with Gasteiger partial charge in [0.1, 0.15) is 0 Å². The molecule has 0 heterocycles. The molecular weight excluding hydrogens is 176 g/mol. The van der Waals surface area contributed by atoms with E-state index in [0.29, 0.717) is 12.5 Å². The van der Waals surface area contributed by atoms with E-state index in [-0.39, 0.29) is 5.95 Å². The second-order valence-corrected chi connectivity index (χ2v) is 4.46. The van der Waals surface area contributed by atoms with Crippen molar-refractivity contribution in [2.75, 3.05) is 6.61 Å². The molecule has 0 aliphatic carbocycles. The van der Waals surface area contributed by atoms with Gasteiger partial charge in [-0.1, -0.05) is 40.0 Å². The number of ether oxygens (including phenoxy) is 1. The van der Waals surface area contributed by atoms with Crippen LogP contribution in [0.1, 0.15) is 46.5 Å². The Morgan fingerprint density at radius 2 is 1.86 bits per heavy atom. The van der Waals surface area contributed by atoms with E-state index >= 15 is 0 Å². The van der Waals surface area contributed by atoms with E-state index < -0.39 is 0 Å². The Bertz CT molecular complexity index is 152. The molecule has 0 aromatic carbocycles. The third-order valence-corrected chi connectivity index (χ3v) is 2.36. The highest BCUT2D eigenvalue weighted by molar-refractivity contribution is 4.63. The molecule has 0 aliphatic heterocycles. The number of hydrogen-bond donors (Lipinski definition) is 1. The lowest BCUT2D eigenvalue weighted by molar-refractivity contribution is 0.0865. The summed E-state index contributed by atoms with van der Waals surface area (Å²) in [6.07, 6.45) is 4.84. The van der Waals surface area contributed by atoms with Gasteiger partial charge in [0.05, 0.1) is 6.61 Å². The maximum atomic E-state index is 8.70. The first-order chi connectivity index (χ1) is 6.52. The summed E-state index contributed by atoms with van der Waals surface area (Å²) in [4.78, 5) is 0. The Labute approximate surface area is 88.0 Å². The first-order valence-corrected chi connectivity index (χ1v) is 5.53. The van der Waals surface area contributed by atoms with Crippen LogP contribution in [0.2, 0.25) is 0 Å². The van der Waals surface area contributed by atoms with Gasteiger partial charge in [-0.05, 0) is 24.8 Å². The smallest absolute Gasteiger partial charge is 0.268 e. The van der Waals surface area contributed by atoms with E-state index in [1.165, 1.54) is 19.3 Å². The molecule has 0 bridgehead atoms. The van der Waals surface area contributed by atoms with E-state index in [1.54, 1.807) is 0 Å². The average molecular weight is 200 g/mol. The quantitative estimate of drug-likeness (QED) is 0.602. The lowest BCUT2D eigenvalue weighted by Gasteiger charge is -2.12. The van der Waals surface area contributed by atoms with Crippen molar-refractivity contribution in [3.05, 3.63) is 12.5 Å². The lowest BCUT2D eigenvalue weighted by atomic mass is 9.98. The van der Waals surface area contributed by atoms with Crippen molar-refractivity contribution in [3.8, 4) is 0 Å². The van der Waals surface area contributed by atoms with Gasteiger partial charge in [0, 0.05) is 0 Å². The van der Waals surface area contributed by atoms with E-state index in [2.05, 4.69) is 27.4 Å². The average Bonchev–Trinajstić information content (AvgIpc) is 2.02. The second kappa shape index (κ2) is 7.72. The maximum Gasteiger partial charge on any atom is 0.268 e. The molecule has 0 rings (SSSR count). The summed E-state index contributed by atoms with van der Waals surface area (Å²) in [6.45, 7) is 10.6. The van der Waals surface area contributed by atoms with Gasteiger partial charge in [-0.15, -0.1) is 0 Å². The molecule has 0 aliphatic rings. The molecular formula is C12H24O2. The van der Waals surface area contributed by atoms with Gasteiger partial charge < -0.3 is 9.84 Å². The van der Waals surface area contributed by atoms with E-state index in [9.17, 15) is 0 Å². The minimum Gasteiger partial charge on any atom is -0.481 e. The Morgan fingerprint density at radius 3 is 2.36 bits per heavy atom. The predicted octanol–water partition coefficient (Wildman–Crippen LogP) is 3.88. The van der Waals surface area contributed by atoms with Crippen LogP contribution in [0.15, 0.2) is 12.5 Å². The SMILES string of the molecule is C=C(O)OCCC(C)CCCC(C)C. The minimum absolute atomic E-state index is 0.167. The standard InChI is InChI=1S/C12H24O2/c1-10(2)6-5-7-11(3)8-9-14-12(4)13/h10-11,13H,4-9H2,1-3H3. The molecule has 2 heteroatoms. The molecule has 0 spiro atoms. The number of aliphatic hydroxyl groups is 1. The summed E-state index contributed by atoms with van der Waals surface area (Å²) in [5.41, 5.74) is 0. The monoisotopic (exact) mass is 200 g/mol. The van der Waals surface area contributed by atoms with Gasteiger partial charge >= 0.3 is 0 Å². The fourth-order valence-corrected chi connectivity index (χ4v) is 1.40. The second-order valence-electron chi connectivity index (χ2n) is 4.46. The van der Waals surface area contributed by atoms with E-state index in [4.69, 9.17) is 9.84 Å². The van der Waals surface area contributed by atoms with Crippen LogP contribution in [0.5, 0.6) is 0 Å². The fraction of sp³-hybridized carbons (Fsp3) is 0.833. The molecule has 1 atom stereocenters. The van der Waals surface area contributed by atoms with Crippen LogP contribution >= 0.6 is 0 Å². The van der Waals surface area contributed by atoms with Crippen molar-refractivity contribution in [2.24, 2.45) is 11.8 Å². The van der Waals surface area contributed by atoms with Crippen LogP contribution in [0.3, 0.4) is 0 Å². The molecule has 84 valence electrons.